The van der Waals surface area contributed by atoms with Crippen LogP contribution in [0.5, 0.6) is 0 Å². The van der Waals surface area contributed by atoms with E-state index in [2.05, 4.69) is 63.2 Å². The zero-order valence-electron chi connectivity index (χ0n) is 19.4. The maximum Gasteiger partial charge on any atom is 0.127 e. The van der Waals surface area contributed by atoms with Gasteiger partial charge in [-0.3, -0.25) is 9.71 Å². The number of quaternary nitrogens is 1. The van der Waals surface area contributed by atoms with Gasteiger partial charge in [-0.2, -0.15) is 0 Å². The highest BCUT2D eigenvalue weighted by molar-refractivity contribution is 7.97. The molecule has 0 saturated heterocycles. The lowest BCUT2D eigenvalue weighted by Crippen LogP contribution is -2.39. The van der Waals surface area contributed by atoms with Crippen LogP contribution in [0.2, 0.25) is 0 Å². The zero-order chi connectivity index (χ0) is 24.2. The molecule has 0 aliphatic rings. The molecule has 4 rings (SSSR count). The molecule has 0 aliphatic heterocycles. The number of aromatic nitrogens is 1. The minimum Gasteiger partial charge on any atom is -0.400 e. The molecule has 0 amide bonds. The molecule has 178 valence electrons. The minimum absolute atomic E-state index is 0.405. The van der Waals surface area contributed by atoms with Crippen molar-refractivity contribution >= 4 is 28.4 Å². The van der Waals surface area contributed by atoms with Crippen LogP contribution in [0, 0.1) is 0 Å². The van der Waals surface area contributed by atoms with Crippen molar-refractivity contribution in [2.45, 2.75) is 17.4 Å². The normalized spacial score (nSPS) is 11.6. The summed E-state index contributed by atoms with van der Waals surface area (Å²) in [7, 11) is 1.00. The number of nitrogens with one attached hydrogen (secondary N) is 2. The molecule has 0 fully saturated rings. The second-order valence-electron chi connectivity index (χ2n) is 7.81. The lowest BCUT2D eigenvalue weighted by atomic mass is 10.0. The number of aliphatic hydroxyl groups is 2. The molecule has 0 bridgehead atoms. The molecule has 1 atom stereocenters. The third-order valence-electron chi connectivity index (χ3n) is 5.28. The van der Waals surface area contributed by atoms with Gasteiger partial charge in [-0.15, -0.1) is 0 Å². The van der Waals surface area contributed by atoms with E-state index in [4.69, 9.17) is 5.11 Å². The van der Waals surface area contributed by atoms with E-state index in [1.54, 1.807) is 11.9 Å². The highest BCUT2D eigenvalue weighted by Gasteiger charge is 2.08. The van der Waals surface area contributed by atoms with Crippen LogP contribution in [0.15, 0.2) is 90.1 Å². The first-order valence-corrected chi connectivity index (χ1v) is 12.1. The molecule has 0 saturated carbocycles. The lowest BCUT2D eigenvalue weighted by Gasteiger charge is -2.13. The van der Waals surface area contributed by atoms with Crippen molar-refractivity contribution in [3.05, 3.63) is 90.8 Å². The van der Waals surface area contributed by atoms with Crippen LogP contribution < -0.4 is 15.8 Å². The smallest absolute Gasteiger partial charge is 0.127 e. The van der Waals surface area contributed by atoms with Crippen molar-refractivity contribution in [3.8, 4) is 11.1 Å². The molecule has 6 nitrogen and oxygen atoms in total. The summed E-state index contributed by atoms with van der Waals surface area (Å²) in [5.41, 5.74) is 8.38. The number of hydrogen-bond acceptors (Lipinski definition) is 6. The average Bonchev–Trinajstić information content (AvgIpc) is 2.89. The van der Waals surface area contributed by atoms with E-state index in [0.717, 1.165) is 36.8 Å². The highest BCUT2D eigenvalue weighted by Crippen LogP contribution is 2.32. The molecule has 4 aromatic rings. The van der Waals surface area contributed by atoms with Gasteiger partial charge in [-0.1, -0.05) is 42.5 Å². The Hall–Kier alpha value is -2.78. The molecule has 7 N–H and O–H groups in total. The van der Waals surface area contributed by atoms with Crippen molar-refractivity contribution in [3.63, 3.8) is 0 Å². The van der Waals surface area contributed by atoms with Gasteiger partial charge in [0.2, 0.25) is 0 Å². The van der Waals surface area contributed by atoms with Crippen LogP contribution in [0.4, 0.5) is 5.69 Å². The Morgan fingerprint density at radius 3 is 2.47 bits per heavy atom. The molecule has 7 heteroatoms. The summed E-state index contributed by atoms with van der Waals surface area (Å²) in [4.78, 5) is 5.47. The van der Waals surface area contributed by atoms with Crippen LogP contribution in [-0.2, 0) is 6.42 Å². The van der Waals surface area contributed by atoms with Crippen molar-refractivity contribution < 1.29 is 15.9 Å². The number of hydrogen-bond donors (Lipinski definition) is 5. The summed E-state index contributed by atoms with van der Waals surface area (Å²) in [6.07, 6.45) is 3.99. The summed E-state index contributed by atoms with van der Waals surface area (Å²) >= 11 is 1.64. The molecule has 0 spiro atoms. The Morgan fingerprint density at radius 1 is 0.941 bits per heavy atom. The van der Waals surface area contributed by atoms with Crippen LogP contribution in [0.25, 0.3) is 21.9 Å². The fourth-order valence-electron chi connectivity index (χ4n) is 3.61. The quantitative estimate of drug-likeness (QED) is 0.178. The Labute approximate surface area is 205 Å². The van der Waals surface area contributed by atoms with Gasteiger partial charge in [-0.25, -0.2) is 0 Å². The molecule has 0 aliphatic carbocycles. The first kappa shape index (κ1) is 25.8. The topological polar surface area (TPSA) is 105 Å². The number of pyridine rings is 1. The van der Waals surface area contributed by atoms with Gasteiger partial charge in [-0.05, 0) is 70.8 Å². The molecule has 3 aromatic carbocycles. The second-order valence-corrected chi connectivity index (χ2v) is 8.74. The monoisotopic (exact) mass is 477 g/mol. The molecule has 0 radical (unpaired) electrons. The van der Waals surface area contributed by atoms with E-state index in [9.17, 15) is 5.11 Å². The van der Waals surface area contributed by atoms with Gasteiger partial charge in [0, 0.05) is 49.4 Å². The Morgan fingerprint density at radius 2 is 1.71 bits per heavy atom. The third kappa shape index (κ3) is 7.63. The highest BCUT2D eigenvalue weighted by atomic mass is 32.2. The van der Waals surface area contributed by atoms with Crippen molar-refractivity contribution in [1.82, 2.24) is 15.0 Å². The molecule has 1 unspecified atom stereocenters. The first-order valence-electron chi connectivity index (χ1n) is 11.3. The predicted octanol–water partition coefficient (Wildman–Crippen LogP) is 3.17. The molecule has 1 aromatic heterocycles. The number of benzene rings is 3. The Bertz CT molecular complexity index is 1140. The summed E-state index contributed by atoms with van der Waals surface area (Å²) in [6.45, 7) is 2.13. The average molecular weight is 478 g/mol. The maximum atomic E-state index is 10.3. The fourth-order valence-corrected chi connectivity index (χ4v) is 4.45. The van der Waals surface area contributed by atoms with Crippen LogP contribution in [0.3, 0.4) is 0 Å². The SMILES string of the molecule is CO.[NH3+]c1ccc(CC(O)CNCCNSc2cc(-c3ccccc3)cc3cnccc23)cc1. The van der Waals surface area contributed by atoms with Crippen LogP contribution >= 0.6 is 11.9 Å². The van der Waals surface area contributed by atoms with Gasteiger partial charge in [0.15, 0.2) is 0 Å². The first-order chi connectivity index (χ1) is 16.7. The molecule has 34 heavy (non-hydrogen) atoms. The number of fused-ring (bicyclic) bond motifs is 1. The fraction of sp³-hybridized carbons (Fsp3) is 0.222. The van der Waals surface area contributed by atoms with Crippen molar-refractivity contribution in [2.75, 3.05) is 26.7 Å². The minimum atomic E-state index is -0.405. The number of aliphatic hydroxyl groups excluding tert-OH is 2. The van der Waals surface area contributed by atoms with E-state index in [1.165, 1.54) is 21.4 Å². The molecule has 1 heterocycles. The standard InChI is InChI=1S/C26H28N4OS.CH4O/c27-23-8-6-19(7-9-23)14-24(31)18-29-12-13-30-32-26-16-21(20-4-2-1-3-5-20)15-22-17-28-11-10-25(22)26;1-2/h1-11,15-17,24,29-31H,12-14,18,27H2;2H,1H3/p+1. The summed E-state index contributed by atoms with van der Waals surface area (Å²) in [6, 6.07) is 24.9. The van der Waals surface area contributed by atoms with Crippen LogP contribution in [-0.4, -0.2) is 48.0 Å². The second kappa shape index (κ2) is 13.8. The molecular formula is C27H33N4O2S+. The van der Waals surface area contributed by atoms with Crippen molar-refractivity contribution in [2.24, 2.45) is 0 Å². The summed E-state index contributed by atoms with van der Waals surface area (Å²) < 4.78 is 3.45. The Kier molecular flexibility index (Phi) is 10.5. The van der Waals surface area contributed by atoms with E-state index in [-0.39, 0.29) is 0 Å². The van der Waals surface area contributed by atoms with Crippen LogP contribution in [0.1, 0.15) is 5.56 Å². The van der Waals surface area contributed by atoms with Gasteiger partial charge < -0.3 is 21.3 Å². The van der Waals surface area contributed by atoms with E-state index >= 15 is 0 Å². The van der Waals surface area contributed by atoms with E-state index in [0.29, 0.717) is 13.0 Å². The largest absolute Gasteiger partial charge is 0.400 e. The van der Waals surface area contributed by atoms with Gasteiger partial charge in [0.1, 0.15) is 5.69 Å². The van der Waals surface area contributed by atoms with Gasteiger partial charge in [0.05, 0.1) is 6.10 Å². The van der Waals surface area contributed by atoms with Crippen molar-refractivity contribution in [1.29, 1.82) is 0 Å². The predicted molar refractivity (Wildman–Crippen MR) is 141 cm³/mol. The van der Waals surface area contributed by atoms with E-state index in [1.807, 2.05) is 42.7 Å². The Balaban J connectivity index is 0.00000158. The lowest BCUT2D eigenvalue weighted by molar-refractivity contribution is -0.254. The summed E-state index contributed by atoms with van der Waals surface area (Å²) in [5, 5.41) is 22.9. The number of rotatable bonds is 10. The maximum absolute atomic E-state index is 10.3. The van der Waals surface area contributed by atoms with Gasteiger partial charge in [0.25, 0.3) is 0 Å². The summed E-state index contributed by atoms with van der Waals surface area (Å²) in [5.74, 6) is 0. The number of nitrogens with zero attached hydrogens (tertiary/aromatic N) is 1. The van der Waals surface area contributed by atoms with Gasteiger partial charge >= 0.3 is 0 Å². The third-order valence-corrected chi connectivity index (χ3v) is 6.19. The van der Waals surface area contributed by atoms with E-state index < -0.39 is 6.10 Å². The zero-order valence-corrected chi connectivity index (χ0v) is 20.3. The molecular weight excluding hydrogens is 444 g/mol.